The molecule has 7 heteroatoms. The van der Waals surface area contributed by atoms with Gasteiger partial charge < -0.3 is 4.98 Å². The maximum absolute atomic E-state index is 14.0. The summed E-state index contributed by atoms with van der Waals surface area (Å²) in [5, 5.41) is 0.543. The number of fused-ring (bicyclic) bond motifs is 1. The van der Waals surface area contributed by atoms with Gasteiger partial charge in [-0.25, -0.2) is 8.78 Å². The van der Waals surface area contributed by atoms with Crippen LogP contribution in [0.5, 0.6) is 0 Å². The minimum atomic E-state index is -0.697. The zero-order valence-corrected chi connectivity index (χ0v) is 12.9. The molecule has 0 saturated heterocycles. The fraction of sp³-hybridized carbons (Fsp3) is 0. The van der Waals surface area contributed by atoms with Gasteiger partial charge in [0.25, 0.3) is 0 Å². The highest BCUT2D eigenvalue weighted by Crippen LogP contribution is 2.27. The summed E-state index contributed by atoms with van der Waals surface area (Å²) in [6, 6.07) is 7.26. The molecule has 2 aromatic carbocycles. The topological polar surface area (TPSA) is 20.7 Å². The van der Waals surface area contributed by atoms with Crippen LogP contribution in [0.4, 0.5) is 8.78 Å². The Morgan fingerprint density at radius 1 is 1.15 bits per heavy atom. The van der Waals surface area contributed by atoms with Gasteiger partial charge in [-0.15, -0.1) is 0 Å². The first-order chi connectivity index (χ1) is 9.47. The fourth-order valence-electron chi connectivity index (χ4n) is 2.01. The molecule has 2 nitrogen and oxygen atoms in total. The zero-order valence-electron chi connectivity index (χ0n) is 9.75. The lowest BCUT2D eigenvalue weighted by molar-refractivity contribution is 0.574. The molecule has 20 heavy (non-hydrogen) atoms. The fourth-order valence-corrected chi connectivity index (χ4v) is 2.82. The van der Waals surface area contributed by atoms with Crippen molar-refractivity contribution < 1.29 is 8.78 Å². The lowest BCUT2D eigenvalue weighted by atomic mass is 10.2. The van der Waals surface area contributed by atoms with Crippen LogP contribution in [0.2, 0.25) is 5.02 Å². The maximum atomic E-state index is 14.0. The number of benzene rings is 2. The van der Waals surface area contributed by atoms with E-state index in [1.807, 2.05) is 0 Å². The molecule has 0 unspecified atom stereocenters. The van der Waals surface area contributed by atoms with Crippen molar-refractivity contribution in [1.29, 1.82) is 0 Å². The molecule has 0 aliphatic rings. The van der Waals surface area contributed by atoms with Gasteiger partial charge in [0.1, 0.15) is 11.6 Å². The van der Waals surface area contributed by atoms with E-state index in [1.165, 1.54) is 10.6 Å². The summed E-state index contributed by atoms with van der Waals surface area (Å²) in [5.41, 5.74) is 1.51. The third-order valence-electron chi connectivity index (χ3n) is 2.87. The van der Waals surface area contributed by atoms with Gasteiger partial charge in [0.05, 0.1) is 21.2 Å². The number of nitrogens with one attached hydrogen (secondary N) is 1. The van der Waals surface area contributed by atoms with Crippen molar-refractivity contribution in [3.8, 4) is 5.69 Å². The van der Waals surface area contributed by atoms with Crippen molar-refractivity contribution in [3.05, 3.63) is 56.2 Å². The Balaban J connectivity index is 2.38. The van der Waals surface area contributed by atoms with Crippen LogP contribution in [0.1, 0.15) is 0 Å². The van der Waals surface area contributed by atoms with E-state index in [1.54, 1.807) is 18.2 Å². The molecule has 0 atom stereocenters. The van der Waals surface area contributed by atoms with Gasteiger partial charge in [-0.2, -0.15) is 0 Å². The van der Waals surface area contributed by atoms with Crippen LogP contribution in [-0.2, 0) is 0 Å². The molecule has 102 valence electrons. The summed E-state index contributed by atoms with van der Waals surface area (Å²) < 4.78 is 29.3. The van der Waals surface area contributed by atoms with E-state index in [0.29, 0.717) is 20.8 Å². The average molecular weight is 376 g/mol. The maximum Gasteiger partial charge on any atom is 0.182 e. The molecule has 3 rings (SSSR count). The standard InChI is InChI=1S/C13H6BrClF2N2S/c14-7-4-12(9(17)5-8(7)16)19-11-2-1-6(15)3-10(11)18-13(19)20/h1-5H,(H,18,20). The first kappa shape index (κ1) is 13.7. The molecular formula is C13H6BrClF2N2S. The Hall–Kier alpha value is -1.24. The molecule has 1 heterocycles. The number of imidazole rings is 1. The first-order valence-corrected chi connectivity index (χ1v) is 7.10. The minimum Gasteiger partial charge on any atom is -0.330 e. The number of aromatic nitrogens is 2. The monoisotopic (exact) mass is 374 g/mol. The zero-order chi connectivity index (χ0) is 14.4. The van der Waals surface area contributed by atoms with Crippen LogP contribution in [-0.4, -0.2) is 9.55 Å². The van der Waals surface area contributed by atoms with E-state index in [0.717, 1.165) is 6.07 Å². The van der Waals surface area contributed by atoms with Crippen molar-refractivity contribution in [3.63, 3.8) is 0 Å². The van der Waals surface area contributed by atoms with Crippen LogP contribution in [0.3, 0.4) is 0 Å². The summed E-state index contributed by atoms with van der Waals surface area (Å²) in [6.07, 6.45) is 0. The van der Waals surface area contributed by atoms with Crippen LogP contribution in [0.25, 0.3) is 16.7 Å². The van der Waals surface area contributed by atoms with Crippen molar-refractivity contribution in [2.75, 3.05) is 0 Å². The number of rotatable bonds is 1. The molecule has 3 aromatic rings. The Morgan fingerprint density at radius 3 is 2.65 bits per heavy atom. The van der Waals surface area contributed by atoms with E-state index in [4.69, 9.17) is 23.8 Å². The van der Waals surface area contributed by atoms with Crippen molar-refractivity contribution in [2.45, 2.75) is 0 Å². The van der Waals surface area contributed by atoms with Gasteiger partial charge in [0.15, 0.2) is 4.77 Å². The van der Waals surface area contributed by atoms with E-state index in [9.17, 15) is 8.78 Å². The number of hydrogen-bond acceptors (Lipinski definition) is 1. The predicted molar refractivity (Wildman–Crippen MR) is 81.1 cm³/mol. The Morgan fingerprint density at radius 2 is 1.90 bits per heavy atom. The number of H-pyrrole nitrogens is 1. The van der Waals surface area contributed by atoms with Crippen LogP contribution in [0.15, 0.2) is 34.8 Å². The molecule has 1 N–H and O–H groups in total. The molecule has 1 aromatic heterocycles. The Kier molecular flexibility index (Phi) is 3.40. The van der Waals surface area contributed by atoms with Gasteiger partial charge in [-0.1, -0.05) is 11.6 Å². The van der Waals surface area contributed by atoms with Crippen LogP contribution in [0, 0.1) is 16.4 Å². The van der Waals surface area contributed by atoms with Gasteiger partial charge in [0, 0.05) is 11.1 Å². The molecule has 0 fully saturated rings. The molecule has 0 radical (unpaired) electrons. The van der Waals surface area contributed by atoms with Gasteiger partial charge >= 0.3 is 0 Å². The second kappa shape index (κ2) is 4.95. The lowest BCUT2D eigenvalue weighted by Crippen LogP contribution is -1.99. The Labute approximate surface area is 131 Å². The van der Waals surface area contributed by atoms with Gasteiger partial charge in [0.2, 0.25) is 0 Å². The molecule has 0 aliphatic heterocycles. The number of hydrogen-bond donors (Lipinski definition) is 1. The molecular weight excluding hydrogens is 370 g/mol. The van der Waals surface area contributed by atoms with Crippen molar-refractivity contribution >= 4 is 50.8 Å². The number of aromatic amines is 1. The molecule has 0 amide bonds. The van der Waals surface area contributed by atoms with Crippen LogP contribution >= 0.6 is 39.7 Å². The quantitative estimate of drug-likeness (QED) is 0.447. The van der Waals surface area contributed by atoms with Gasteiger partial charge in [-0.05, 0) is 52.4 Å². The average Bonchev–Trinajstić information content (AvgIpc) is 2.69. The highest BCUT2D eigenvalue weighted by Gasteiger charge is 2.14. The van der Waals surface area contributed by atoms with Gasteiger partial charge in [-0.3, -0.25) is 4.57 Å². The second-order valence-corrected chi connectivity index (χ2v) is 5.82. The Bertz CT molecular complexity index is 888. The summed E-state index contributed by atoms with van der Waals surface area (Å²) in [6.45, 7) is 0. The highest BCUT2D eigenvalue weighted by atomic mass is 79.9. The smallest absolute Gasteiger partial charge is 0.182 e. The number of nitrogens with zero attached hydrogens (tertiary/aromatic N) is 1. The largest absolute Gasteiger partial charge is 0.330 e. The van der Waals surface area contributed by atoms with E-state index in [2.05, 4.69) is 20.9 Å². The van der Waals surface area contributed by atoms with E-state index >= 15 is 0 Å². The molecule has 0 aliphatic carbocycles. The summed E-state index contributed by atoms with van der Waals surface area (Å²) in [5.74, 6) is -1.36. The highest BCUT2D eigenvalue weighted by molar-refractivity contribution is 9.10. The second-order valence-electron chi connectivity index (χ2n) is 4.14. The summed E-state index contributed by atoms with van der Waals surface area (Å²) in [4.78, 5) is 2.95. The molecule has 0 saturated carbocycles. The molecule has 0 bridgehead atoms. The SMILES string of the molecule is Fc1cc(F)c(-n2c(=S)[nH]c3cc(Cl)ccc32)cc1Br. The minimum absolute atomic E-state index is 0.164. The molecule has 0 spiro atoms. The predicted octanol–water partition coefficient (Wildman–Crippen LogP) is 5.38. The van der Waals surface area contributed by atoms with Crippen molar-refractivity contribution in [2.24, 2.45) is 0 Å². The third-order valence-corrected chi connectivity index (χ3v) is 4.00. The normalized spacial score (nSPS) is 11.2. The third kappa shape index (κ3) is 2.17. The van der Waals surface area contributed by atoms with E-state index in [-0.39, 0.29) is 10.2 Å². The van der Waals surface area contributed by atoms with Crippen molar-refractivity contribution in [1.82, 2.24) is 9.55 Å². The summed E-state index contributed by atoms with van der Waals surface area (Å²) >= 11 is 14.2. The summed E-state index contributed by atoms with van der Waals surface area (Å²) in [7, 11) is 0. The first-order valence-electron chi connectivity index (χ1n) is 5.52. The lowest BCUT2D eigenvalue weighted by Gasteiger charge is -2.07. The van der Waals surface area contributed by atoms with Crippen LogP contribution < -0.4 is 0 Å². The van der Waals surface area contributed by atoms with E-state index < -0.39 is 11.6 Å². The number of halogens is 4.